The summed E-state index contributed by atoms with van der Waals surface area (Å²) >= 11 is 0. The van der Waals surface area contributed by atoms with Gasteiger partial charge < -0.3 is 14.9 Å². The fourth-order valence-electron chi connectivity index (χ4n) is 4.43. The van der Waals surface area contributed by atoms with E-state index in [9.17, 15) is 18.0 Å². The second kappa shape index (κ2) is 7.97. The summed E-state index contributed by atoms with van der Waals surface area (Å²) in [6.07, 6.45) is 1.95. The Kier molecular flexibility index (Phi) is 5.12. The maximum atomic E-state index is 14.4. The summed E-state index contributed by atoms with van der Waals surface area (Å²) in [4.78, 5) is 22.0. The Morgan fingerprint density at radius 2 is 2.03 bits per heavy atom. The number of β-amino-alcohol motifs (C(OH)–C–C–N with tert-alkyl or cyclic N) is 1. The molecule has 8 nitrogen and oxygen atoms in total. The summed E-state index contributed by atoms with van der Waals surface area (Å²) in [6.45, 7) is 0.973. The lowest BCUT2D eigenvalue weighted by Crippen LogP contribution is -2.33. The van der Waals surface area contributed by atoms with Gasteiger partial charge in [0.15, 0.2) is 5.65 Å². The van der Waals surface area contributed by atoms with Gasteiger partial charge in [0.05, 0.1) is 25.4 Å². The zero-order valence-corrected chi connectivity index (χ0v) is 17.0. The molecule has 1 aromatic carbocycles. The van der Waals surface area contributed by atoms with Crippen LogP contribution >= 0.6 is 0 Å². The standard InChI is InChI=1S/C21H21F3N6O2/c22-13-1-2-16(24)15(9-13)17-10-14(23)12-29(17)19-3-4-30-20(26-19)18(11-25-30)28-6-5-27(7-8-31)21(28)32/h1-4,9,11,14,17,31H,5-8,10,12H2/t14-,17+/m0/s1. The molecule has 1 N–H and O–H groups in total. The van der Waals surface area contributed by atoms with Crippen LogP contribution in [0.1, 0.15) is 18.0 Å². The quantitative estimate of drug-likeness (QED) is 0.652. The van der Waals surface area contributed by atoms with E-state index in [4.69, 9.17) is 5.11 Å². The molecule has 2 amide bonds. The van der Waals surface area contributed by atoms with Crippen LogP contribution in [-0.2, 0) is 0 Å². The summed E-state index contributed by atoms with van der Waals surface area (Å²) in [7, 11) is 0. The lowest BCUT2D eigenvalue weighted by Gasteiger charge is -2.26. The molecule has 2 aliphatic rings. The molecule has 3 aromatic rings. The van der Waals surface area contributed by atoms with Crippen LogP contribution in [0.5, 0.6) is 0 Å². The largest absolute Gasteiger partial charge is 0.395 e. The molecule has 0 aliphatic carbocycles. The first kappa shape index (κ1) is 20.6. The number of anilines is 2. The highest BCUT2D eigenvalue weighted by Gasteiger charge is 2.37. The number of halogens is 3. The van der Waals surface area contributed by atoms with Crippen LogP contribution in [0.15, 0.2) is 36.7 Å². The van der Waals surface area contributed by atoms with Crippen LogP contribution in [0, 0.1) is 11.6 Å². The van der Waals surface area contributed by atoms with Gasteiger partial charge in [0.1, 0.15) is 29.3 Å². The average molecular weight is 446 g/mol. The first-order chi connectivity index (χ1) is 15.5. The van der Waals surface area contributed by atoms with Gasteiger partial charge in [0.25, 0.3) is 0 Å². The van der Waals surface area contributed by atoms with Gasteiger partial charge in [0, 0.05) is 37.8 Å². The van der Waals surface area contributed by atoms with Gasteiger partial charge in [-0.1, -0.05) is 0 Å². The topological polar surface area (TPSA) is 77.2 Å². The van der Waals surface area contributed by atoms with E-state index in [1.807, 2.05) is 0 Å². The van der Waals surface area contributed by atoms with Crippen molar-refractivity contribution in [2.24, 2.45) is 0 Å². The van der Waals surface area contributed by atoms with Crippen molar-refractivity contribution in [1.29, 1.82) is 0 Å². The number of aliphatic hydroxyl groups is 1. The Labute approximate surface area is 181 Å². The first-order valence-corrected chi connectivity index (χ1v) is 10.3. The van der Waals surface area contributed by atoms with E-state index < -0.39 is 23.8 Å². The highest BCUT2D eigenvalue weighted by molar-refractivity contribution is 5.97. The lowest BCUT2D eigenvalue weighted by molar-refractivity contribution is 0.199. The van der Waals surface area contributed by atoms with E-state index in [-0.39, 0.29) is 37.7 Å². The number of rotatable bonds is 5. The number of fused-ring (bicyclic) bond motifs is 1. The third kappa shape index (κ3) is 3.42. The highest BCUT2D eigenvalue weighted by atomic mass is 19.1. The minimum atomic E-state index is -1.22. The molecule has 2 atom stereocenters. The van der Waals surface area contributed by atoms with Gasteiger partial charge in [0.2, 0.25) is 0 Å². The minimum Gasteiger partial charge on any atom is -0.395 e. The Hall–Kier alpha value is -3.34. The molecule has 0 unspecified atom stereocenters. The molecule has 5 rings (SSSR count). The van der Waals surface area contributed by atoms with Gasteiger partial charge in [-0.05, 0) is 24.3 Å². The number of nitrogens with zero attached hydrogens (tertiary/aromatic N) is 6. The molecule has 11 heteroatoms. The van der Waals surface area contributed by atoms with Crippen LogP contribution in [-0.4, -0.2) is 69.6 Å². The average Bonchev–Trinajstić information content (AvgIpc) is 3.47. The Morgan fingerprint density at radius 1 is 1.19 bits per heavy atom. The molecule has 4 heterocycles. The van der Waals surface area contributed by atoms with E-state index in [1.54, 1.807) is 17.2 Å². The van der Waals surface area contributed by atoms with Gasteiger partial charge in [-0.15, -0.1) is 0 Å². The lowest BCUT2D eigenvalue weighted by atomic mass is 10.0. The van der Waals surface area contributed by atoms with Gasteiger partial charge in [-0.3, -0.25) is 4.90 Å². The van der Waals surface area contributed by atoms with Crippen molar-refractivity contribution < 1.29 is 23.1 Å². The monoisotopic (exact) mass is 446 g/mol. The van der Waals surface area contributed by atoms with Crippen molar-refractivity contribution in [3.05, 3.63) is 53.9 Å². The number of urea groups is 1. The number of benzene rings is 1. The highest BCUT2D eigenvalue weighted by Crippen LogP contribution is 2.38. The summed E-state index contributed by atoms with van der Waals surface area (Å²) in [5.74, 6) is -0.815. The SMILES string of the molecule is O=C1N(CCO)CCN1c1cnn2ccc(N3C[C@@H](F)C[C@@H]3c3cc(F)ccc3F)nc12. The van der Waals surface area contributed by atoms with Crippen LogP contribution < -0.4 is 9.80 Å². The summed E-state index contributed by atoms with van der Waals surface area (Å²) < 4.78 is 44.1. The van der Waals surface area contributed by atoms with Crippen molar-refractivity contribution in [3.8, 4) is 0 Å². The number of carbonyl (C=O) groups is 1. The normalized spacial score (nSPS) is 21.4. The molecule has 2 fully saturated rings. The number of alkyl halides is 1. The molecule has 168 valence electrons. The summed E-state index contributed by atoms with van der Waals surface area (Å²) in [6, 6.07) is 3.82. The Morgan fingerprint density at radius 3 is 2.84 bits per heavy atom. The second-order valence-corrected chi connectivity index (χ2v) is 7.90. The fourth-order valence-corrected chi connectivity index (χ4v) is 4.43. The Balaban J connectivity index is 1.51. The van der Waals surface area contributed by atoms with Crippen molar-refractivity contribution in [1.82, 2.24) is 19.5 Å². The van der Waals surface area contributed by atoms with E-state index >= 15 is 0 Å². The predicted molar refractivity (Wildman–Crippen MR) is 110 cm³/mol. The smallest absolute Gasteiger partial charge is 0.324 e. The summed E-state index contributed by atoms with van der Waals surface area (Å²) in [5.41, 5.74) is 0.958. The molecular weight excluding hydrogens is 425 g/mol. The number of carbonyl (C=O) groups excluding carboxylic acids is 1. The molecule has 2 aliphatic heterocycles. The van der Waals surface area contributed by atoms with Gasteiger partial charge >= 0.3 is 6.03 Å². The van der Waals surface area contributed by atoms with Crippen LogP contribution in [0.2, 0.25) is 0 Å². The van der Waals surface area contributed by atoms with Crippen molar-refractivity contribution in [2.45, 2.75) is 18.6 Å². The van der Waals surface area contributed by atoms with E-state index in [1.165, 1.54) is 20.5 Å². The zero-order chi connectivity index (χ0) is 22.4. The van der Waals surface area contributed by atoms with Gasteiger partial charge in [-0.2, -0.15) is 5.10 Å². The fraction of sp³-hybridized carbons (Fsp3) is 0.381. The minimum absolute atomic E-state index is 0.0137. The molecule has 0 radical (unpaired) electrons. The number of aliphatic hydroxyl groups excluding tert-OH is 1. The third-order valence-corrected chi connectivity index (χ3v) is 5.95. The zero-order valence-electron chi connectivity index (χ0n) is 17.0. The molecule has 2 saturated heterocycles. The second-order valence-electron chi connectivity index (χ2n) is 7.90. The summed E-state index contributed by atoms with van der Waals surface area (Å²) in [5, 5.41) is 13.4. The molecule has 0 spiro atoms. The first-order valence-electron chi connectivity index (χ1n) is 10.3. The van der Waals surface area contributed by atoms with E-state index in [0.29, 0.717) is 30.2 Å². The van der Waals surface area contributed by atoms with E-state index in [0.717, 1.165) is 18.2 Å². The van der Waals surface area contributed by atoms with Crippen LogP contribution in [0.25, 0.3) is 5.65 Å². The molecule has 2 aromatic heterocycles. The van der Waals surface area contributed by atoms with Crippen LogP contribution in [0.3, 0.4) is 0 Å². The van der Waals surface area contributed by atoms with Crippen molar-refractivity contribution in [3.63, 3.8) is 0 Å². The maximum Gasteiger partial charge on any atom is 0.324 e. The molecular formula is C21H21F3N6O2. The van der Waals surface area contributed by atoms with Crippen molar-refractivity contribution >= 4 is 23.2 Å². The number of hydrogen-bond acceptors (Lipinski definition) is 5. The number of aromatic nitrogens is 3. The van der Waals surface area contributed by atoms with Gasteiger partial charge in [-0.25, -0.2) is 27.5 Å². The van der Waals surface area contributed by atoms with Crippen LogP contribution in [0.4, 0.5) is 29.5 Å². The number of hydrogen-bond donors (Lipinski definition) is 1. The molecule has 0 bridgehead atoms. The Bertz CT molecular complexity index is 1170. The van der Waals surface area contributed by atoms with Crippen molar-refractivity contribution in [2.75, 3.05) is 42.6 Å². The molecule has 0 saturated carbocycles. The van der Waals surface area contributed by atoms with E-state index in [2.05, 4.69) is 10.1 Å². The maximum absolute atomic E-state index is 14.4. The third-order valence-electron chi connectivity index (χ3n) is 5.95. The molecule has 32 heavy (non-hydrogen) atoms. The predicted octanol–water partition coefficient (Wildman–Crippen LogP) is 2.53. The number of amides is 2.